The molecule has 51 heavy (non-hydrogen) atoms. The molecule has 20 nitrogen and oxygen atoms in total. The standard InChI is InChI=1S/C31H55N9O11/c1-4-16(2)24(38-29(48)25(17(3)42)39-27(46)21-9-7-13-40(21)30(49)18(33)15-41)28(47)35-14-23(44)36-19(10-11-22(34)43)26(45)37-20(31(50)51)8-5-6-12-32/h16-21,24-25,41-42H,4-15,32-33H2,1-3H3,(H2,34,43)(H,35,47)(H,36,44)(H,37,45)(H,38,48)(H,39,46)(H,50,51)/t16-,17+,18-,19-,20-,21-,24-,25-/m0/s1. The summed E-state index contributed by atoms with van der Waals surface area (Å²) in [6.07, 6.45) is 0.107. The van der Waals surface area contributed by atoms with E-state index in [2.05, 4.69) is 26.6 Å². The van der Waals surface area contributed by atoms with Crippen LogP contribution in [0, 0.1) is 5.92 Å². The fourth-order valence-electron chi connectivity index (χ4n) is 5.29. The number of likely N-dealkylation sites (tertiary alicyclic amines) is 1. The van der Waals surface area contributed by atoms with Gasteiger partial charge in [0.25, 0.3) is 0 Å². The van der Waals surface area contributed by atoms with E-state index in [4.69, 9.17) is 17.2 Å². The molecule has 8 atom stereocenters. The number of hydrogen-bond acceptors (Lipinski definition) is 12. The van der Waals surface area contributed by atoms with Crippen LogP contribution in [-0.4, -0.2) is 136 Å². The van der Waals surface area contributed by atoms with Crippen molar-refractivity contribution in [3.8, 4) is 0 Å². The molecular formula is C31H55N9O11. The number of nitrogens with two attached hydrogens (primary N) is 3. The lowest BCUT2D eigenvalue weighted by atomic mass is 9.97. The molecule has 1 heterocycles. The van der Waals surface area contributed by atoms with Crippen molar-refractivity contribution in [1.82, 2.24) is 31.5 Å². The summed E-state index contributed by atoms with van der Waals surface area (Å²) < 4.78 is 0. The number of amides is 7. The van der Waals surface area contributed by atoms with Crippen molar-refractivity contribution in [1.29, 1.82) is 0 Å². The second-order valence-corrected chi connectivity index (χ2v) is 12.6. The molecule has 0 aliphatic carbocycles. The average molecular weight is 730 g/mol. The summed E-state index contributed by atoms with van der Waals surface area (Å²) >= 11 is 0. The number of aliphatic hydroxyl groups is 2. The lowest BCUT2D eigenvalue weighted by Gasteiger charge is -2.30. The van der Waals surface area contributed by atoms with E-state index >= 15 is 0 Å². The first-order chi connectivity index (χ1) is 24.0. The quantitative estimate of drug-likeness (QED) is 0.0441. The van der Waals surface area contributed by atoms with Crippen molar-refractivity contribution in [2.75, 3.05) is 26.2 Å². The number of carboxylic acid groups (broad SMARTS) is 1. The molecule has 1 rings (SSSR count). The number of carboxylic acids is 1. The molecule has 1 saturated heterocycles. The Hall–Kier alpha value is -4.40. The summed E-state index contributed by atoms with van der Waals surface area (Å²) in [5.74, 6) is -7.45. The maximum atomic E-state index is 13.3. The minimum absolute atomic E-state index is 0.0746. The lowest BCUT2D eigenvalue weighted by Crippen LogP contribution is -2.61. The van der Waals surface area contributed by atoms with Gasteiger partial charge in [-0.15, -0.1) is 0 Å². The molecule has 290 valence electrons. The van der Waals surface area contributed by atoms with Crippen LogP contribution in [-0.2, 0) is 38.4 Å². The first-order valence-corrected chi connectivity index (χ1v) is 17.0. The number of nitrogens with one attached hydrogen (secondary N) is 5. The zero-order chi connectivity index (χ0) is 38.8. The second-order valence-electron chi connectivity index (χ2n) is 12.6. The van der Waals surface area contributed by atoms with Crippen molar-refractivity contribution in [2.45, 2.75) is 114 Å². The van der Waals surface area contributed by atoms with E-state index in [9.17, 15) is 53.7 Å². The molecule has 1 aliphatic heterocycles. The number of hydrogen-bond donors (Lipinski definition) is 11. The van der Waals surface area contributed by atoms with Gasteiger partial charge in [-0.05, 0) is 57.9 Å². The van der Waals surface area contributed by atoms with Crippen LogP contribution in [0.4, 0.5) is 0 Å². The van der Waals surface area contributed by atoms with Crippen LogP contribution >= 0.6 is 0 Å². The molecule has 0 bridgehead atoms. The van der Waals surface area contributed by atoms with Gasteiger partial charge >= 0.3 is 5.97 Å². The summed E-state index contributed by atoms with van der Waals surface area (Å²) in [4.78, 5) is 102. The van der Waals surface area contributed by atoms with Crippen LogP contribution < -0.4 is 43.8 Å². The average Bonchev–Trinajstić information content (AvgIpc) is 3.58. The third-order valence-corrected chi connectivity index (χ3v) is 8.52. The Labute approximate surface area is 296 Å². The lowest BCUT2D eigenvalue weighted by molar-refractivity contribution is -0.142. The van der Waals surface area contributed by atoms with Crippen molar-refractivity contribution in [2.24, 2.45) is 23.1 Å². The highest BCUT2D eigenvalue weighted by Crippen LogP contribution is 2.19. The van der Waals surface area contributed by atoms with Crippen LogP contribution in [0.3, 0.4) is 0 Å². The molecule has 0 aromatic heterocycles. The van der Waals surface area contributed by atoms with E-state index in [0.717, 1.165) is 0 Å². The summed E-state index contributed by atoms with van der Waals surface area (Å²) in [6, 6.07) is -7.68. The van der Waals surface area contributed by atoms with Crippen molar-refractivity contribution >= 4 is 47.3 Å². The number of carbonyl (C=O) groups excluding carboxylic acids is 7. The van der Waals surface area contributed by atoms with Crippen LogP contribution in [0.15, 0.2) is 0 Å². The third kappa shape index (κ3) is 14.8. The molecule has 0 spiro atoms. The summed E-state index contributed by atoms with van der Waals surface area (Å²) in [6.45, 7) is 3.85. The Bertz CT molecular complexity index is 1240. The monoisotopic (exact) mass is 729 g/mol. The molecule has 0 unspecified atom stereocenters. The maximum absolute atomic E-state index is 13.3. The minimum Gasteiger partial charge on any atom is -0.480 e. The van der Waals surface area contributed by atoms with E-state index in [1.807, 2.05) is 0 Å². The topological polar surface area (TPSA) is 339 Å². The number of rotatable bonds is 23. The van der Waals surface area contributed by atoms with Gasteiger partial charge in [0, 0.05) is 13.0 Å². The largest absolute Gasteiger partial charge is 0.480 e. The Balaban J connectivity index is 2.98. The maximum Gasteiger partial charge on any atom is 0.326 e. The molecule has 1 fully saturated rings. The molecule has 7 amide bonds. The molecular weight excluding hydrogens is 674 g/mol. The fraction of sp³-hybridized carbons (Fsp3) is 0.742. The Kier molecular flexibility index (Phi) is 19.6. The van der Waals surface area contributed by atoms with Gasteiger partial charge in [-0.2, -0.15) is 0 Å². The number of unbranched alkanes of at least 4 members (excludes halogenated alkanes) is 1. The zero-order valence-electron chi connectivity index (χ0n) is 29.4. The highest BCUT2D eigenvalue weighted by atomic mass is 16.4. The van der Waals surface area contributed by atoms with Crippen molar-refractivity contribution in [3.63, 3.8) is 0 Å². The van der Waals surface area contributed by atoms with E-state index in [1.165, 1.54) is 11.8 Å². The number of primary amides is 1. The van der Waals surface area contributed by atoms with Gasteiger partial charge in [-0.1, -0.05) is 20.3 Å². The molecule has 0 aromatic rings. The first-order valence-electron chi connectivity index (χ1n) is 17.0. The van der Waals surface area contributed by atoms with E-state index in [-0.39, 0.29) is 32.2 Å². The first kappa shape index (κ1) is 44.6. The molecule has 20 heteroatoms. The van der Waals surface area contributed by atoms with E-state index in [0.29, 0.717) is 32.2 Å². The predicted molar refractivity (Wildman–Crippen MR) is 181 cm³/mol. The van der Waals surface area contributed by atoms with Gasteiger partial charge in [-0.25, -0.2) is 4.79 Å². The molecule has 14 N–H and O–H groups in total. The number of aliphatic hydroxyl groups excluding tert-OH is 2. The SMILES string of the molecule is CC[C@H](C)[C@H](NC(=O)[C@@H](NC(=O)[C@@H]1CCCN1C(=O)[C@@H](N)CO)[C@@H](C)O)C(=O)NCC(=O)N[C@@H](CCC(N)=O)C(=O)N[C@@H](CCCCN)C(=O)O. The van der Waals surface area contributed by atoms with Gasteiger partial charge in [-0.3, -0.25) is 33.6 Å². The van der Waals surface area contributed by atoms with Crippen LogP contribution in [0.5, 0.6) is 0 Å². The van der Waals surface area contributed by atoms with E-state index in [1.54, 1.807) is 13.8 Å². The van der Waals surface area contributed by atoms with Crippen LogP contribution in [0.1, 0.15) is 72.1 Å². The van der Waals surface area contributed by atoms with Crippen molar-refractivity contribution in [3.05, 3.63) is 0 Å². The van der Waals surface area contributed by atoms with Gasteiger partial charge in [0.05, 0.1) is 19.3 Å². The molecule has 0 aromatic carbocycles. The van der Waals surface area contributed by atoms with Crippen LogP contribution in [0.25, 0.3) is 0 Å². The normalized spacial score (nSPS) is 18.2. The molecule has 0 radical (unpaired) electrons. The molecule has 1 aliphatic rings. The van der Waals surface area contributed by atoms with Crippen LogP contribution in [0.2, 0.25) is 0 Å². The second kappa shape index (κ2) is 22.4. The van der Waals surface area contributed by atoms with Crippen molar-refractivity contribution < 1.29 is 53.7 Å². The number of aliphatic carboxylic acids is 1. The van der Waals surface area contributed by atoms with E-state index < -0.39 is 109 Å². The Morgan fingerprint density at radius 1 is 0.882 bits per heavy atom. The minimum atomic E-state index is -1.54. The van der Waals surface area contributed by atoms with Gasteiger partial charge in [0.1, 0.15) is 36.3 Å². The fourth-order valence-corrected chi connectivity index (χ4v) is 5.29. The third-order valence-electron chi connectivity index (χ3n) is 8.52. The zero-order valence-corrected chi connectivity index (χ0v) is 29.4. The van der Waals surface area contributed by atoms with Gasteiger partial charge in [0.2, 0.25) is 41.4 Å². The van der Waals surface area contributed by atoms with Gasteiger partial charge < -0.3 is 64.0 Å². The highest BCUT2D eigenvalue weighted by Gasteiger charge is 2.39. The number of carbonyl (C=O) groups is 8. The van der Waals surface area contributed by atoms with Gasteiger partial charge in [0.15, 0.2) is 0 Å². The predicted octanol–water partition coefficient (Wildman–Crippen LogP) is -4.74. The highest BCUT2D eigenvalue weighted by molar-refractivity contribution is 5.96. The molecule has 0 saturated carbocycles. The number of nitrogens with zero attached hydrogens (tertiary/aromatic N) is 1. The smallest absolute Gasteiger partial charge is 0.326 e. The Morgan fingerprint density at radius 2 is 1.55 bits per heavy atom. The Morgan fingerprint density at radius 3 is 2.10 bits per heavy atom. The summed E-state index contributed by atoms with van der Waals surface area (Å²) in [7, 11) is 0. The summed E-state index contributed by atoms with van der Waals surface area (Å²) in [5.41, 5.74) is 16.3. The summed E-state index contributed by atoms with van der Waals surface area (Å²) in [5, 5.41) is 41.1.